The average Bonchev–Trinajstić information content (AvgIpc) is 3.28. The molecule has 164 valence electrons. The topological polar surface area (TPSA) is 46.9 Å². The van der Waals surface area contributed by atoms with Crippen LogP contribution in [0.5, 0.6) is 0 Å². The van der Waals surface area contributed by atoms with Gasteiger partial charge in [0.25, 0.3) is 0 Å². The van der Waals surface area contributed by atoms with Crippen molar-refractivity contribution in [2.75, 3.05) is 0 Å². The smallest absolute Gasteiger partial charge is 0.244 e. The molecule has 1 amide bonds. The molecule has 0 bridgehead atoms. The van der Waals surface area contributed by atoms with Gasteiger partial charge in [0.05, 0.1) is 17.4 Å². The summed E-state index contributed by atoms with van der Waals surface area (Å²) in [6.45, 7) is 2.07. The quantitative estimate of drug-likeness (QED) is 0.389. The minimum Gasteiger partial charge on any atom is -0.346 e. The van der Waals surface area contributed by atoms with Crippen molar-refractivity contribution in [3.05, 3.63) is 113 Å². The Morgan fingerprint density at radius 2 is 1.76 bits per heavy atom. The maximum absolute atomic E-state index is 12.8. The molecule has 0 saturated carbocycles. The van der Waals surface area contributed by atoms with E-state index in [2.05, 4.69) is 54.7 Å². The minimum atomic E-state index is -0.0842. The fourth-order valence-corrected chi connectivity index (χ4v) is 4.45. The fourth-order valence-electron chi connectivity index (χ4n) is 4.45. The van der Waals surface area contributed by atoms with Crippen molar-refractivity contribution < 1.29 is 4.79 Å². The highest BCUT2D eigenvalue weighted by Crippen LogP contribution is 2.29. The molecule has 0 radical (unpaired) electrons. The van der Waals surface area contributed by atoms with Gasteiger partial charge < -0.3 is 5.32 Å². The number of rotatable bonds is 5. The van der Waals surface area contributed by atoms with Crippen molar-refractivity contribution in [1.82, 2.24) is 15.1 Å². The van der Waals surface area contributed by atoms with E-state index in [1.54, 1.807) is 6.08 Å². The van der Waals surface area contributed by atoms with E-state index in [1.165, 1.54) is 16.7 Å². The van der Waals surface area contributed by atoms with Crippen LogP contribution in [-0.2, 0) is 11.2 Å². The van der Waals surface area contributed by atoms with Gasteiger partial charge >= 0.3 is 0 Å². The third kappa shape index (κ3) is 4.65. The number of nitrogens with zero attached hydrogens (tertiary/aromatic N) is 2. The second-order valence-corrected chi connectivity index (χ2v) is 8.56. The maximum atomic E-state index is 12.8. The van der Waals surface area contributed by atoms with Gasteiger partial charge in [-0.1, -0.05) is 72.3 Å². The zero-order chi connectivity index (χ0) is 22.6. The average molecular weight is 434 g/mol. The van der Waals surface area contributed by atoms with Gasteiger partial charge in [0.15, 0.2) is 0 Å². The van der Waals surface area contributed by atoms with Crippen LogP contribution >= 0.6 is 0 Å². The van der Waals surface area contributed by atoms with E-state index in [4.69, 9.17) is 5.10 Å². The summed E-state index contributed by atoms with van der Waals surface area (Å²) in [4.78, 5) is 12.8. The van der Waals surface area contributed by atoms with Crippen molar-refractivity contribution in [2.24, 2.45) is 0 Å². The molecule has 0 saturated heterocycles. The van der Waals surface area contributed by atoms with Crippen LogP contribution in [0.4, 0.5) is 0 Å². The van der Waals surface area contributed by atoms with Gasteiger partial charge in [-0.3, -0.25) is 4.79 Å². The first-order valence-electron chi connectivity index (χ1n) is 11.5. The minimum absolute atomic E-state index is 0.0655. The lowest BCUT2D eigenvalue weighted by molar-refractivity contribution is -0.117. The molecule has 1 aromatic heterocycles. The lowest BCUT2D eigenvalue weighted by Crippen LogP contribution is -2.29. The van der Waals surface area contributed by atoms with Gasteiger partial charge in [0, 0.05) is 23.4 Å². The Balaban J connectivity index is 1.42. The van der Waals surface area contributed by atoms with Crippen molar-refractivity contribution in [3.63, 3.8) is 0 Å². The highest BCUT2D eigenvalue weighted by molar-refractivity contribution is 5.93. The second-order valence-electron chi connectivity index (χ2n) is 8.56. The van der Waals surface area contributed by atoms with Gasteiger partial charge in [-0.25, -0.2) is 4.68 Å². The maximum Gasteiger partial charge on any atom is 0.244 e. The van der Waals surface area contributed by atoms with Crippen LogP contribution in [-0.4, -0.2) is 15.7 Å². The molecule has 1 aliphatic rings. The van der Waals surface area contributed by atoms with Gasteiger partial charge in [-0.05, 0) is 55.5 Å². The number of aryl methyl sites for hydroxylation is 2. The first kappa shape index (κ1) is 21.0. The van der Waals surface area contributed by atoms with E-state index < -0.39 is 0 Å². The molecule has 4 heteroatoms. The van der Waals surface area contributed by atoms with Gasteiger partial charge in [-0.2, -0.15) is 5.10 Å². The highest BCUT2D eigenvalue weighted by Gasteiger charge is 2.20. The van der Waals surface area contributed by atoms with Crippen LogP contribution in [0.15, 0.2) is 91.1 Å². The number of fused-ring (bicyclic) bond motifs is 1. The Morgan fingerprint density at radius 1 is 1.00 bits per heavy atom. The number of hydrogen-bond acceptors (Lipinski definition) is 2. The normalized spacial score (nSPS) is 15.4. The van der Waals surface area contributed by atoms with E-state index in [1.807, 2.05) is 53.4 Å². The predicted octanol–water partition coefficient (Wildman–Crippen LogP) is 6.05. The summed E-state index contributed by atoms with van der Waals surface area (Å²) in [7, 11) is 0. The lowest BCUT2D eigenvalue weighted by Gasteiger charge is -2.25. The Kier molecular flexibility index (Phi) is 5.90. The number of para-hydroxylation sites is 1. The number of nitrogens with one attached hydrogen (secondary N) is 1. The number of benzene rings is 3. The van der Waals surface area contributed by atoms with E-state index in [9.17, 15) is 4.79 Å². The molecule has 5 rings (SSSR count). The van der Waals surface area contributed by atoms with Crippen LogP contribution in [0.3, 0.4) is 0 Å². The van der Waals surface area contributed by atoms with Crippen LogP contribution in [0.2, 0.25) is 0 Å². The van der Waals surface area contributed by atoms with E-state index >= 15 is 0 Å². The Hall–Kier alpha value is -3.92. The van der Waals surface area contributed by atoms with Crippen molar-refractivity contribution in [2.45, 2.75) is 32.2 Å². The Morgan fingerprint density at radius 3 is 2.58 bits per heavy atom. The molecule has 1 aliphatic carbocycles. The standard InChI is InChI=1S/C29H27N3O/c1-21-14-16-23(17-15-21)29-24(20-32(31-29)25-10-3-2-4-11-25)18-19-28(33)30-27-13-7-9-22-8-5-6-12-26(22)27/h2-6,8,10-12,14-20,27H,7,9,13H2,1H3,(H,30,33)/b19-18+. The van der Waals surface area contributed by atoms with Crippen LogP contribution < -0.4 is 5.32 Å². The van der Waals surface area contributed by atoms with Gasteiger partial charge in [0.2, 0.25) is 5.91 Å². The largest absolute Gasteiger partial charge is 0.346 e. The first-order chi connectivity index (χ1) is 16.2. The van der Waals surface area contributed by atoms with Crippen molar-refractivity contribution in [1.29, 1.82) is 0 Å². The summed E-state index contributed by atoms with van der Waals surface area (Å²) in [6.07, 6.45) is 8.61. The highest BCUT2D eigenvalue weighted by atomic mass is 16.1. The number of amides is 1. The molecule has 0 fully saturated rings. The Labute approximate surface area is 194 Å². The molecule has 1 heterocycles. The van der Waals surface area contributed by atoms with Crippen LogP contribution in [0.1, 0.15) is 41.1 Å². The second kappa shape index (κ2) is 9.29. The zero-order valence-electron chi connectivity index (χ0n) is 18.7. The summed E-state index contributed by atoms with van der Waals surface area (Å²) in [5, 5.41) is 8.03. The van der Waals surface area contributed by atoms with E-state index in [0.717, 1.165) is 41.8 Å². The molecule has 4 nitrogen and oxygen atoms in total. The number of carbonyl (C=O) groups is 1. The van der Waals surface area contributed by atoms with Crippen molar-refractivity contribution >= 4 is 12.0 Å². The third-order valence-electron chi connectivity index (χ3n) is 6.19. The van der Waals surface area contributed by atoms with Crippen molar-refractivity contribution in [3.8, 4) is 16.9 Å². The lowest BCUT2D eigenvalue weighted by atomic mass is 9.88. The van der Waals surface area contributed by atoms with Gasteiger partial charge in [-0.15, -0.1) is 0 Å². The van der Waals surface area contributed by atoms with E-state index in [0.29, 0.717) is 0 Å². The molecular formula is C29H27N3O. The molecule has 0 aliphatic heterocycles. The molecule has 0 spiro atoms. The third-order valence-corrected chi connectivity index (χ3v) is 6.19. The molecule has 1 unspecified atom stereocenters. The summed E-state index contributed by atoms with van der Waals surface area (Å²) >= 11 is 0. The number of hydrogen-bond donors (Lipinski definition) is 1. The molecule has 1 atom stereocenters. The van der Waals surface area contributed by atoms with Gasteiger partial charge in [0.1, 0.15) is 0 Å². The predicted molar refractivity (Wildman–Crippen MR) is 133 cm³/mol. The monoisotopic (exact) mass is 433 g/mol. The zero-order valence-corrected chi connectivity index (χ0v) is 18.7. The van der Waals surface area contributed by atoms with Crippen LogP contribution in [0, 0.1) is 6.92 Å². The number of carbonyl (C=O) groups excluding carboxylic acids is 1. The first-order valence-corrected chi connectivity index (χ1v) is 11.5. The SMILES string of the molecule is Cc1ccc(-c2nn(-c3ccccc3)cc2/C=C/C(=O)NC2CCCc3ccccc32)cc1. The summed E-state index contributed by atoms with van der Waals surface area (Å²) in [5.74, 6) is -0.0842. The molecule has 1 N–H and O–H groups in total. The molecule has 33 heavy (non-hydrogen) atoms. The summed E-state index contributed by atoms with van der Waals surface area (Å²) < 4.78 is 1.87. The summed E-state index contributed by atoms with van der Waals surface area (Å²) in [5.41, 5.74) is 7.54. The molecular weight excluding hydrogens is 406 g/mol. The molecule has 4 aromatic rings. The van der Waals surface area contributed by atoms with E-state index in [-0.39, 0.29) is 11.9 Å². The number of aromatic nitrogens is 2. The fraction of sp³-hybridized carbons (Fsp3) is 0.172. The van der Waals surface area contributed by atoms with Crippen LogP contribution in [0.25, 0.3) is 23.0 Å². The Bertz CT molecular complexity index is 1290. The molecule has 3 aromatic carbocycles. The summed E-state index contributed by atoms with van der Waals surface area (Å²) in [6, 6.07) is 26.8.